The minimum Gasteiger partial charge on any atom is -0.487 e. The molecule has 0 fully saturated rings. The van der Waals surface area contributed by atoms with E-state index in [1.54, 1.807) is 6.07 Å². The normalized spacial score (nSPS) is 10.4. The minimum absolute atomic E-state index is 0.394. The molecule has 0 spiro atoms. The number of hydrogen-bond acceptors (Lipinski definition) is 2. The molecule has 0 aliphatic rings. The summed E-state index contributed by atoms with van der Waals surface area (Å²) in [6.45, 7) is 0.808. The number of hydrogen-bond donors (Lipinski definition) is 1. The Morgan fingerprint density at radius 3 is 2.56 bits per heavy atom. The van der Waals surface area contributed by atoms with Crippen LogP contribution in [0, 0.1) is 0 Å². The van der Waals surface area contributed by atoms with E-state index in [2.05, 4.69) is 0 Å². The fraction of sp³-hybridized carbons (Fsp3) is 0.143. The van der Waals surface area contributed by atoms with Crippen molar-refractivity contribution in [2.75, 3.05) is 0 Å². The van der Waals surface area contributed by atoms with E-state index in [9.17, 15) is 0 Å². The highest BCUT2D eigenvalue weighted by atomic mass is 35.5. The van der Waals surface area contributed by atoms with Gasteiger partial charge in [0.25, 0.3) is 0 Å². The van der Waals surface area contributed by atoms with E-state index in [1.807, 2.05) is 36.4 Å². The molecule has 0 radical (unpaired) electrons. The quantitative estimate of drug-likeness (QED) is 0.918. The fourth-order valence-corrected chi connectivity index (χ4v) is 2.12. The zero-order valence-corrected chi connectivity index (χ0v) is 11.2. The molecule has 2 nitrogen and oxygen atoms in total. The van der Waals surface area contributed by atoms with Crippen molar-refractivity contribution in [2.24, 2.45) is 5.73 Å². The topological polar surface area (TPSA) is 35.2 Å². The van der Waals surface area contributed by atoms with Crippen LogP contribution >= 0.6 is 23.2 Å². The van der Waals surface area contributed by atoms with Gasteiger partial charge in [0.05, 0.1) is 5.02 Å². The van der Waals surface area contributed by atoms with Crippen molar-refractivity contribution in [1.29, 1.82) is 0 Å². The van der Waals surface area contributed by atoms with Gasteiger partial charge in [-0.2, -0.15) is 0 Å². The van der Waals surface area contributed by atoms with E-state index >= 15 is 0 Å². The highest BCUT2D eigenvalue weighted by Gasteiger charge is 2.07. The van der Waals surface area contributed by atoms with Crippen molar-refractivity contribution in [3.8, 4) is 5.75 Å². The van der Waals surface area contributed by atoms with Crippen molar-refractivity contribution in [2.45, 2.75) is 13.2 Å². The Labute approximate surface area is 116 Å². The molecule has 0 amide bonds. The number of rotatable bonds is 4. The summed E-state index contributed by atoms with van der Waals surface area (Å²) < 4.78 is 5.73. The second-order valence-electron chi connectivity index (χ2n) is 3.85. The van der Waals surface area contributed by atoms with Gasteiger partial charge in [-0.15, -0.1) is 0 Å². The van der Waals surface area contributed by atoms with Crippen molar-refractivity contribution in [3.05, 3.63) is 63.6 Å². The standard InChI is InChI=1S/C14H13Cl2NO/c15-12-5-1-3-10(7-12)9-18-14-11(8-17)4-2-6-13(14)16/h1-7H,8-9,17H2. The van der Waals surface area contributed by atoms with E-state index in [-0.39, 0.29) is 0 Å². The van der Waals surface area contributed by atoms with Crippen LogP contribution in [-0.2, 0) is 13.2 Å². The molecule has 4 heteroatoms. The van der Waals surface area contributed by atoms with Gasteiger partial charge >= 0.3 is 0 Å². The number of benzene rings is 2. The predicted molar refractivity (Wildman–Crippen MR) is 75.1 cm³/mol. The molecule has 2 N–H and O–H groups in total. The summed E-state index contributed by atoms with van der Waals surface area (Å²) in [6, 6.07) is 13.1. The molecule has 18 heavy (non-hydrogen) atoms. The molecule has 2 aromatic carbocycles. The largest absolute Gasteiger partial charge is 0.487 e. The lowest BCUT2D eigenvalue weighted by atomic mass is 10.2. The lowest BCUT2D eigenvalue weighted by Gasteiger charge is -2.12. The second-order valence-corrected chi connectivity index (χ2v) is 4.69. The van der Waals surface area contributed by atoms with Crippen LogP contribution in [0.15, 0.2) is 42.5 Å². The maximum Gasteiger partial charge on any atom is 0.142 e. The first kappa shape index (κ1) is 13.2. The molecule has 0 saturated heterocycles. The molecule has 0 atom stereocenters. The van der Waals surface area contributed by atoms with Crippen LogP contribution in [0.3, 0.4) is 0 Å². The molecule has 0 unspecified atom stereocenters. The molecule has 0 saturated carbocycles. The summed E-state index contributed by atoms with van der Waals surface area (Å²) in [7, 11) is 0. The maximum absolute atomic E-state index is 6.10. The second kappa shape index (κ2) is 6.10. The average Bonchev–Trinajstić information content (AvgIpc) is 2.37. The van der Waals surface area contributed by atoms with Crippen LogP contribution in [-0.4, -0.2) is 0 Å². The molecule has 2 aromatic rings. The predicted octanol–water partition coefficient (Wildman–Crippen LogP) is 4.03. The molecule has 0 aliphatic heterocycles. The van der Waals surface area contributed by atoms with Crippen LogP contribution in [0.2, 0.25) is 10.0 Å². The van der Waals surface area contributed by atoms with E-state index in [0.717, 1.165) is 11.1 Å². The lowest BCUT2D eigenvalue weighted by Crippen LogP contribution is -2.03. The summed E-state index contributed by atoms with van der Waals surface area (Å²) >= 11 is 12.0. The molecular formula is C14H13Cl2NO. The Bertz CT molecular complexity index is 543. The van der Waals surface area contributed by atoms with Gasteiger partial charge < -0.3 is 10.5 Å². The molecular weight excluding hydrogens is 269 g/mol. The zero-order chi connectivity index (χ0) is 13.0. The lowest BCUT2D eigenvalue weighted by molar-refractivity contribution is 0.303. The minimum atomic E-state index is 0.394. The summed E-state index contributed by atoms with van der Waals surface area (Å²) in [4.78, 5) is 0. The van der Waals surface area contributed by atoms with E-state index in [0.29, 0.717) is 28.9 Å². The SMILES string of the molecule is NCc1cccc(Cl)c1OCc1cccc(Cl)c1. The van der Waals surface area contributed by atoms with Crippen LogP contribution in [0.4, 0.5) is 0 Å². The van der Waals surface area contributed by atoms with Gasteiger partial charge in [-0.3, -0.25) is 0 Å². The van der Waals surface area contributed by atoms with E-state index in [1.165, 1.54) is 0 Å². The van der Waals surface area contributed by atoms with Gasteiger partial charge in [-0.25, -0.2) is 0 Å². The van der Waals surface area contributed by atoms with Crippen LogP contribution < -0.4 is 10.5 Å². The van der Waals surface area contributed by atoms with Crippen LogP contribution in [0.1, 0.15) is 11.1 Å². The first-order valence-corrected chi connectivity index (χ1v) is 6.31. The van der Waals surface area contributed by atoms with Gasteiger partial charge in [0.1, 0.15) is 12.4 Å². The van der Waals surface area contributed by atoms with Crippen molar-refractivity contribution in [1.82, 2.24) is 0 Å². The highest BCUT2D eigenvalue weighted by molar-refractivity contribution is 6.32. The summed E-state index contributed by atoms with van der Waals surface area (Å²) in [5.41, 5.74) is 7.54. The molecule has 94 valence electrons. The van der Waals surface area contributed by atoms with Crippen molar-refractivity contribution >= 4 is 23.2 Å². The van der Waals surface area contributed by atoms with Crippen molar-refractivity contribution < 1.29 is 4.74 Å². The van der Waals surface area contributed by atoms with Gasteiger partial charge in [-0.1, -0.05) is 47.5 Å². The van der Waals surface area contributed by atoms with Gasteiger partial charge in [0.15, 0.2) is 0 Å². The number of ether oxygens (including phenoxy) is 1. The molecule has 0 bridgehead atoms. The van der Waals surface area contributed by atoms with Gasteiger partial charge in [0, 0.05) is 17.1 Å². The van der Waals surface area contributed by atoms with E-state index < -0.39 is 0 Å². The van der Waals surface area contributed by atoms with Gasteiger partial charge in [0.2, 0.25) is 0 Å². The van der Waals surface area contributed by atoms with Crippen LogP contribution in [0.25, 0.3) is 0 Å². The third kappa shape index (κ3) is 3.16. The summed E-state index contributed by atoms with van der Waals surface area (Å²) in [5.74, 6) is 0.640. The Morgan fingerprint density at radius 2 is 1.83 bits per heavy atom. The van der Waals surface area contributed by atoms with E-state index in [4.69, 9.17) is 33.7 Å². The fourth-order valence-electron chi connectivity index (χ4n) is 1.66. The monoisotopic (exact) mass is 281 g/mol. The molecule has 0 aromatic heterocycles. The maximum atomic E-state index is 6.10. The average molecular weight is 282 g/mol. The smallest absolute Gasteiger partial charge is 0.142 e. The first-order chi connectivity index (χ1) is 8.70. The summed E-state index contributed by atoms with van der Waals surface area (Å²) in [6.07, 6.45) is 0. The van der Waals surface area contributed by atoms with Crippen LogP contribution in [0.5, 0.6) is 5.75 Å². The summed E-state index contributed by atoms with van der Waals surface area (Å²) in [5, 5.41) is 1.26. The Hall–Kier alpha value is -1.22. The zero-order valence-electron chi connectivity index (χ0n) is 9.70. The third-order valence-electron chi connectivity index (χ3n) is 2.54. The number of nitrogens with two attached hydrogens (primary N) is 1. The number of para-hydroxylation sites is 1. The number of halogens is 2. The highest BCUT2D eigenvalue weighted by Crippen LogP contribution is 2.29. The Balaban J connectivity index is 2.15. The molecule has 0 aliphatic carbocycles. The molecule has 0 heterocycles. The molecule has 2 rings (SSSR count). The Morgan fingerprint density at radius 1 is 1.06 bits per heavy atom. The first-order valence-electron chi connectivity index (χ1n) is 5.55. The Kier molecular flexibility index (Phi) is 4.48. The third-order valence-corrected chi connectivity index (χ3v) is 3.07. The van der Waals surface area contributed by atoms with Gasteiger partial charge in [-0.05, 0) is 23.8 Å². The van der Waals surface area contributed by atoms with Crippen molar-refractivity contribution in [3.63, 3.8) is 0 Å².